The number of hydrogen-bond donors (Lipinski definition) is 3. The number of carbonyl (C=O) groups excluding carboxylic acids is 1. The largest absolute Gasteiger partial charge is 0.394 e. The van der Waals surface area contributed by atoms with Crippen LogP contribution in [0.5, 0.6) is 0 Å². The van der Waals surface area contributed by atoms with Crippen LogP contribution in [-0.4, -0.2) is 43.0 Å². The smallest absolute Gasteiger partial charge is 0.271 e. The highest BCUT2D eigenvalue weighted by Gasteiger charge is 2.21. The number of aromatic nitrogens is 4. The summed E-state index contributed by atoms with van der Waals surface area (Å²) in [5.41, 5.74) is 11.3. The number of nitrogens with zero attached hydrogens (tertiary/aromatic N) is 4. The monoisotopic (exact) mass is 470 g/mol. The molecule has 0 fully saturated rings. The van der Waals surface area contributed by atoms with Gasteiger partial charge < -0.3 is 16.2 Å². The molecule has 8 nitrogen and oxygen atoms in total. The van der Waals surface area contributed by atoms with E-state index in [1.165, 1.54) is 12.1 Å². The van der Waals surface area contributed by atoms with Gasteiger partial charge in [0.1, 0.15) is 11.5 Å². The van der Waals surface area contributed by atoms with E-state index in [1.807, 2.05) is 31.2 Å². The number of rotatable bonds is 5. The van der Waals surface area contributed by atoms with Crippen LogP contribution in [0.25, 0.3) is 39.1 Å². The summed E-state index contributed by atoms with van der Waals surface area (Å²) >= 11 is 0. The predicted octanol–water partition coefficient (Wildman–Crippen LogP) is 3.75. The first kappa shape index (κ1) is 22.4. The number of halogens is 1. The number of fused-ring (bicyclic) bond motifs is 2. The molecule has 1 amide bonds. The molecular weight excluding hydrogens is 447 g/mol. The first-order valence-electron chi connectivity index (χ1n) is 11.1. The number of nitrogen functional groups attached to an aromatic ring is 1. The second-order valence-corrected chi connectivity index (χ2v) is 8.44. The molecule has 0 spiro atoms. The minimum Gasteiger partial charge on any atom is -0.394 e. The lowest BCUT2D eigenvalue weighted by molar-refractivity contribution is 0.0918. The molecule has 35 heavy (non-hydrogen) atoms. The minimum atomic E-state index is -0.442. The van der Waals surface area contributed by atoms with Gasteiger partial charge in [0.05, 0.1) is 23.5 Å². The third-order valence-corrected chi connectivity index (χ3v) is 5.87. The Labute approximate surface area is 200 Å². The minimum absolute atomic E-state index is 0.126. The molecule has 2 aromatic carbocycles. The number of aliphatic hydroxyl groups is 1. The Hall–Kier alpha value is -4.37. The maximum absolute atomic E-state index is 13.7. The van der Waals surface area contributed by atoms with E-state index in [1.54, 1.807) is 35.9 Å². The van der Waals surface area contributed by atoms with Crippen LogP contribution in [0.1, 0.15) is 23.0 Å². The van der Waals surface area contributed by atoms with Gasteiger partial charge in [-0.2, -0.15) is 0 Å². The van der Waals surface area contributed by atoms with Crippen molar-refractivity contribution in [2.75, 3.05) is 12.3 Å². The van der Waals surface area contributed by atoms with Gasteiger partial charge in [-0.15, -0.1) is 0 Å². The molecule has 0 radical (unpaired) electrons. The highest BCUT2D eigenvalue weighted by atomic mass is 19.1. The van der Waals surface area contributed by atoms with Crippen LogP contribution >= 0.6 is 0 Å². The molecule has 1 atom stereocenters. The molecule has 3 aromatic heterocycles. The zero-order chi connectivity index (χ0) is 24.7. The zero-order valence-electron chi connectivity index (χ0n) is 19.2. The van der Waals surface area contributed by atoms with Gasteiger partial charge in [-0.25, -0.2) is 14.4 Å². The van der Waals surface area contributed by atoms with Crippen molar-refractivity contribution in [3.63, 3.8) is 0 Å². The van der Waals surface area contributed by atoms with E-state index in [9.17, 15) is 14.3 Å². The van der Waals surface area contributed by atoms with Crippen LogP contribution in [0.15, 0.2) is 60.9 Å². The number of nitrogens with one attached hydrogen (secondary N) is 1. The third-order valence-electron chi connectivity index (χ3n) is 5.87. The summed E-state index contributed by atoms with van der Waals surface area (Å²) < 4.78 is 15.4. The second-order valence-electron chi connectivity index (χ2n) is 8.44. The maximum Gasteiger partial charge on any atom is 0.271 e. The summed E-state index contributed by atoms with van der Waals surface area (Å²) in [5.74, 6) is -0.681. The Morgan fingerprint density at radius 1 is 1.14 bits per heavy atom. The molecule has 9 heteroatoms. The van der Waals surface area contributed by atoms with E-state index in [0.29, 0.717) is 22.6 Å². The van der Waals surface area contributed by atoms with E-state index >= 15 is 0 Å². The molecule has 0 aliphatic rings. The van der Waals surface area contributed by atoms with Gasteiger partial charge >= 0.3 is 0 Å². The number of aryl methyl sites for hydroxylation is 1. The fourth-order valence-corrected chi connectivity index (χ4v) is 4.04. The van der Waals surface area contributed by atoms with Crippen molar-refractivity contribution >= 4 is 28.3 Å². The summed E-state index contributed by atoms with van der Waals surface area (Å²) in [5, 5.41) is 13.0. The highest BCUT2D eigenvalue weighted by molar-refractivity contribution is 5.95. The molecule has 1 unspecified atom stereocenters. The van der Waals surface area contributed by atoms with Crippen molar-refractivity contribution in [1.29, 1.82) is 0 Å². The Morgan fingerprint density at radius 2 is 1.89 bits per heavy atom. The number of amides is 1. The number of benzene rings is 2. The topological polar surface area (TPSA) is 118 Å². The van der Waals surface area contributed by atoms with E-state index in [2.05, 4.69) is 20.3 Å². The molecule has 5 rings (SSSR count). The fourth-order valence-electron chi connectivity index (χ4n) is 4.04. The van der Waals surface area contributed by atoms with E-state index in [4.69, 9.17) is 5.73 Å². The number of nitrogens with two attached hydrogens (primary N) is 1. The molecular formula is C26H23FN6O2. The lowest BCUT2D eigenvalue weighted by atomic mass is 10.0. The Balaban J connectivity index is 1.79. The van der Waals surface area contributed by atoms with Crippen LogP contribution in [0.4, 0.5) is 10.2 Å². The number of anilines is 1. The van der Waals surface area contributed by atoms with Crippen LogP contribution in [0.2, 0.25) is 0 Å². The first-order valence-corrected chi connectivity index (χ1v) is 11.1. The number of aliphatic hydroxyl groups excluding tert-OH is 1. The van der Waals surface area contributed by atoms with E-state index in [0.717, 1.165) is 22.0 Å². The number of pyridine rings is 1. The van der Waals surface area contributed by atoms with Gasteiger partial charge in [-0.1, -0.05) is 6.07 Å². The quantitative estimate of drug-likeness (QED) is 0.360. The summed E-state index contributed by atoms with van der Waals surface area (Å²) in [6.07, 6.45) is 3.36. The molecule has 176 valence electrons. The Kier molecular flexibility index (Phi) is 5.62. The van der Waals surface area contributed by atoms with Crippen molar-refractivity contribution in [3.8, 4) is 22.5 Å². The molecule has 5 aromatic rings. The highest BCUT2D eigenvalue weighted by Crippen LogP contribution is 2.35. The molecule has 0 bridgehead atoms. The number of hydrogen-bond acceptors (Lipinski definition) is 6. The van der Waals surface area contributed by atoms with E-state index < -0.39 is 11.9 Å². The van der Waals surface area contributed by atoms with Crippen LogP contribution in [-0.2, 0) is 0 Å². The van der Waals surface area contributed by atoms with E-state index in [-0.39, 0.29) is 23.9 Å². The van der Waals surface area contributed by atoms with Crippen molar-refractivity contribution in [2.45, 2.75) is 19.9 Å². The number of carbonyl (C=O) groups is 1. The van der Waals surface area contributed by atoms with Crippen molar-refractivity contribution < 1.29 is 14.3 Å². The molecule has 0 aliphatic heterocycles. The lowest BCUT2D eigenvalue weighted by Crippen LogP contribution is -2.35. The third kappa shape index (κ3) is 4.06. The van der Waals surface area contributed by atoms with Gasteiger partial charge in [0, 0.05) is 34.9 Å². The fraction of sp³-hybridized carbons (Fsp3) is 0.154. The van der Waals surface area contributed by atoms with Gasteiger partial charge in [0.15, 0.2) is 11.5 Å². The van der Waals surface area contributed by atoms with Crippen molar-refractivity contribution in [2.24, 2.45) is 0 Å². The summed E-state index contributed by atoms with van der Waals surface area (Å²) in [6, 6.07) is 13.3. The van der Waals surface area contributed by atoms with Gasteiger partial charge in [-0.3, -0.25) is 14.2 Å². The predicted molar refractivity (Wildman–Crippen MR) is 132 cm³/mol. The van der Waals surface area contributed by atoms with Crippen molar-refractivity contribution in [1.82, 2.24) is 24.7 Å². The van der Waals surface area contributed by atoms with Crippen LogP contribution < -0.4 is 11.1 Å². The Morgan fingerprint density at radius 3 is 2.63 bits per heavy atom. The average Bonchev–Trinajstić information content (AvgIpc) is 3.31. The Bertz CT molecular complexity index is 1580. The summed E-state index contributed by atoms with van der Waals surface area (Å²) in [4.78, 5) is 26.2. The van der Waals surface area contributed by atoms with Crippen LogP contribution in [0, 0.1) is 12.7 Å². The number of imidazole rings is 1. The molecule has 4 N–H and O–H groups in total. The zero-order valence-corrected chi connectivity index (χ0v) is 19.2. The summed E-state index contributed by atoms with van der Waals surface area (Å²) in [7, 11) is 0. The summed E-state index contributed by atoms with van der Waals surface area (Å²) in [6.45, 7) is 3.49. The maximum atomic E-state index is 13.7. The first-order chi connectivity index (χ1) is 16.9. The van der Waals surface area contributed by atoms with Gasteiger partial charge in [-0.05, 0) is 61.9 Å². The standard InChI is InChI=1S/C26H23FN6O2/c1-14-9-10-29-20-8-5-17(11-19(14)20)23-22(16-3-6-18(27)7-4-16)32-24(28)25-31-21(12-33(23)25)26(35)30-15(2)13-34/h3-12,15,34H,13H2,1-2H3,(H2,28,32)(H,30,35). The molecule has 0 aliphatic carbocycles. The molecule has 0 saturated heterocycles. The van der Waals surface area contributed by atoms with Gasteiger partial charge in [0.2, 0.25) is 0 Å². The SMILES string of the molecule is Cc1ccnc2ccc(-c3c(-c4ccc(F)cc4)nc(N)c4nc(C(=O)NC(C)CO)cn34)cc12. The van der Waals surface area contributed by atoms with Crippen molar-refractivity contribution in [3.05, 3.63) is 78.0 Å². The van der Waals surface area contributed by atoms with Gasteiger partial charge in [0.25, 0.3) is 5.91 Å². The second kappa shape index (κ2) is 8.77. The van der Waals surface area contributed by atoms with Crippen LogP contribution in [0.3, 0.4) is 0 Å². The average molecular weight is 471 g/mol. The normalized spacial score (nSPS) is 12.2. The molecule has 3 heterocycles. The molecule has 0 saturated carbocycles. The lowest BCUT2D eigenvalue weighted by Gasteiger charge is -2.14.